The first-order valence-corrected chi connectivity index (χ1v) is 9.77. The Morgan fingerprint density at radius 3 is 2.57 bits per heavy atom. The molecule has 1 N–H and O–H groups in total. The summed E-state index contributed by atoms with van der Waals surface area (Å²) in [6, 6.07) is 15.2. The highest BCUT2D eigenvalue weighted by molar-refractivity contribution is 7.13. The van der Waals surface area contributed by atoms with Gasteiger partial charge < -0.3 is 19.3 Å². The van der Waals surface area contributed by atoms with Gasteiger partial charge >= 0.3 is 5.97 Å². The summed E-state index contributed by atoms with van der Waals surface area (Å²) in [4.78, 5) is 15.2. The van der Waals surface area contributed by atoms with Crippen molar-refractivity contribution in [2.24, 2.45) is 0 Å². The van der Waals surface area contributed by atoms with Gasteiger partial charge in [0.2, 0.25) is 0 Å². The minimum Gasteiger partial charge on any atom is -0.490 e. The Hall–Kier alpha value is -3.06. The number of hydrogen-bond donors (Lipinski definition) is 1. The Bertz CT molecular complexity index is 910. The number of aliphatic carboxylic acids is 1. The van der Waals surface area contributed by atoms with Crippen LogP contribution in [0.1, 0.15) is 12.6 Å². The van der Waals surface area contributed by atoms with Crippen LogP contribution in [0.5, 0.6) is 17.2 Å². The number of carboxylic acid groups (broad SMARTS) is 1. The van der Waals surface area contributed by atoms with Crippen LogP contribution in [-0.4, -0.2) is 35.9 Å². The van der Waals surface area contributed by atoms with Crippen LogP contribution >= 0.6 is 11.3 Å². The van der Waals surface area contributed by atoms with Crippen LogP contribution in [-0.2, 0) is 11.2 Å². The molecular formula is C21H21NO5S. The Morgan fingerprint density at radius 1 is 1.04 bits per heavy atom. The van der Waals surface area contributed by atoms with Crippen molar-refractivity contribution < 1.29 is 24.1 Å². The minimum absolute atomic E-state index is 0.0859. The standard InChI is InChI=1S/C21H21NO5S/c1-2-25-19-12-15(21-22-16(14-28-21)13-20(23)24)8-9-18(19)27-11-10-26-17-6-4-3-5-7-17/h3-9,12,14H,2,10-11,13H2,1H3,(H,23,24). The molecule has 0 aliphatic heterocycles. The van der Waals surface area contributed by atoms with Gasteiger partial charge in [0.05, 0.1) is 18.7 Å². The Labute approximate surface area is 167 Å². The molecule has 0 saturated carbocycles. The molecule has 0 bridgehead atoms. The number of carbonyl (C=O) groups is 1. The molecule has 3 rings (SSSR count). The molecule has 146 valence electrons. The van der Waals surface area contributed by atoms with Gasteiger partial charge in [-0.2, -0.15) is 0 Å². The topological polar surface area (TPSA) is 77.9 Å². The molecule has 0 aliphatic rings. The lowest BCUT2D eigenvalue weighted by molar-refractivity contribution is -0.136. The molecule has 0 aliphatic carbocycles. The third-order valence-electron chi connectivity index (χ3n) is 3.73. The van der Waals surface area contributed by atoms with Gasteiger partial charge in [-0.1, -0.05) is 18.2 Å². The van der Waals surface area contributed by atoms with Crippen LogP contribution < -0.4 is 14.2 Å². The maximum absolute atomic E-state index is 10.8. The number of carboxylic acids is 1. The number of ether oxygens (including phenoxy) is 3. The molecule has 1 aromatic heterocycles. The van der Waals surface area contributed by atoms with Crippen LogP contribution in [0.25, 0.3) is 10.6 Å². The van der Waals surface area contributed by atoms with Crippen LogP contribution in [0.15, 0.2) is 53.9 Å². The number of nitrogens with zero attached hydrogens (tertiary/aromatic N) is 1. The van der Waals surface area contributed by atoms with E-state index in [1.165, 1.54) is 11.3 Å². The summed E-state index contributed by atoms with van der Waals surface area (Å²) in [5, 5.41) is 11.4. The number of para-hydroxylation sites is 1. The zero-order valence-corrected chi connectivity index (χ0v) is 16.3. The van der Waals surface area contributed by atoms with Crippen molar-refractivity contribution >= 4 is 17.3 Å². The van der Waals surface area contributed by atoms with E-state index in [-0.39, 0.29) is 6.42 Å². The maximum Gasteiger partial charge on any atom is 0.309 e. The molecule has 0 atom stereocenters. The third kappa shape index (κ3) is 5.47. The molecule has 2 aromatic carbocycles. The summed E-state index contributed by atoms with van der Waals surface area (Å²) < 4.78 is 17.2. The smallest absolute Gasteiger partial charge is 0.309 e. The highest BCUT2D eigenvalue weighted by Gasteiger charge is 2.12. The predicted octanol–water partition coefficient (Wildman–Crippen LogP) is 4.29. The van der Waals surface area contributed by atoms with E-state index in [0.717, 1.165) is 16.3 Å². The monoisotopic (exact) mass is 399 g/mol. The van der Waals surface area contributed by atoms with Crippen molar-refractivity contribution in [1.29, 1.82) is 0 Å². The number of thiazole rings is 1. The van der Waals surface area contributed by atoms with Crippen LogP contribution in [0.3, 0.4) is 0 Å². The van der Waals surface area contributed by atoms with Crippen molar-refractivity contribution in [1.82, 2.24) is 4.98 Å². The van der Waals surface area contributed by atoms with Crippen LogP contribution in [0.4, 0.5) is 0 Å². The van der Waals surface area contributed by atoms with E-state index < -0.39 is 5.97 Å². The lowest BCUT2D eigenvalue weighted by atomic mass is 10.2. The van der Waals surface area contributed by atoms with Gasteiger partial charge in [-0.25, -0.2) is 4.98 Å². The first kappa shape index (κ1) is 19.7. The minimum atomic E-state index is -0.895. The van der Waals surface area contributed by atoms with Gasteiger partial charge in [0.25, 0.3) is 0 Å². The summed E-state index contributed by atoms with van der Waals surface area (Å²) in [5.41, 5.74) is 1.40. The van der Waals surface area contributed by atoms with E-state index in [2.05, 4.69) is 4.98 Å². The average Bonchev–Trinajstić information content (AvgIpc) is 3.15. The second-order valence-electron chi connectivity index (χ2n) is 5.82. The summed E-state index contributed by atoms with van der Waals surface area (Å²) in [5.74, 6) is 1.15. The van der Waals surface area contributed by atoms with Gasteiger partial charge in [0.15, 0.2) is 11.5 Å². The van der Waals surface area contributed by atoms with Gasteiger partial charge in [-0.05, 0) is 37.3 Å². The lowest BCUT2D eigenvalue weighted by Crippen LogP contribution is -2.09. The van der Waals surface area contributed by atoms with Crippen molar-refractivity contribution in [2.75, 3.05) is 19.8 Å². The zero-order chi connectivity index (χ0) is 19.8. The number of aromatic nitrogens is 1. The molecule has 3 aromatic rings. The van der Waals surface area contributed by atoms with E-state index in [1.54, 1.807) is 5.38 Å². The SMILES string of the molecule is CCOc1cc(-c2nc(CC(=O)O)cs2)ccc1OCCOc1ccccc1. The van der Waals surface area contributed by atoms with E-state index in [4.69, 9.17) is 19.3 Å². The van der Waals surface area contributed by atoms with Gasteiger partial charge in [-0.15, -0.1) is 11.3 Å². The first-order valence-electron chi connectivity index (χ1n) is 8.89. The Kier molecular flexibility index (Phi) is 6.86. The normalized spacial score (nSPS) is 10.5. The van der Waals surface area contributed by atoms with Crippen LogP contribution in [0, 0.1) is 0 Å². The predicted molar refractivity (Wildman–Crippen MR) is 107 cm³/mol. The molecule has 7 heteroatoms. The molecule has 6 nitrogen and oxygen atoms in total. The summed E-state index contributed by atoms with van der Waals surface area (Å²) in [6.07, 6.45) is -0.0859. The van der Waals surface area contributed by atoms with E-state index >= 15 is 0 Å². The highest BCUT2D eigenvalue weighted by Crippen LogP contribution is 2.34. The quantitative estimate of drug-likeness (QED) is 0.512. The van der Waals surface area contributed by atoms with Gasteiger partial charge in [-0.3, -0.25) is 4.79 Å². The molecule has 0 fully saturated rings. The highest BCUT2D eigenvalue weighted by atomic mass is 32.1. The van der Waals surface area contributed by atoms with E-state index in [1.807, 2.05) is 55.5 Å². The number of hydrogen-bond acceptors (Lipinski definition) is 6. The molecule has 0 spiro atoms. The van der Waals surface area contributed by atoms with Crippen LogP contribution in [0.2, 0.25) is 0 Å². The molecule has 1 heterocycles. The molecular weight excluding hydrogens is 378 g/mol. The summed E-state index contributed by atoms with van der Waals surface area (Å²) in [6.45, 7) is 3.21. The molecule has 0 unspecified atom stereocenters. The third-order valence-corrected chi connectivity index (χ3v) is 4.67. The van der Waals surface area contributed by atoms with Crippen molar-refractivity contribution in [3.8, 4) is 27.8 Å². The molecule has 0 radical (unpaired) electrons. The first-order chi connectivity index (χ1) is 13.7. The molecule has 0 saturated heterocycles. The summed E-state index contributed by atoms with van der Waals surface area (Å²) in [7, 11) is 0. The fourth-order valence-corrected chi connectivity index (χ4v) is 3.35. The second kappa shape index (κ2) is 9.75. The maximum atomic E-state index is 10.8. The van der Waals surface area contributed by atoms with Crippen molar-refractivity contribution in [3.63, 3.8) is 0 Å². The van der Waals surface area contributed by atoms with E-state index in [0.29, 0.717) is 37.0 Å². The Balaban J connectivity index is 1.65. The van der Waals surface area contributed by atoms with E-state index in [9.17, 15) is 4.79 Å². The zero-order valence-electron chi connectivity index (χ0n) is 15.5. The van der Waals surface area contributed by atoms with Gasteiger partial charge in [0.1, 0.15) is 24.0 Å². The summed E-state index contributed by atoms with van der Waals surface area (Å²) >= 11 is 1.41. The molecule has 28 heavy (non-hydrogen) atoms. The Morgan fingerprint density at radius 2 is 1.82 bits per heavy atom. The van der Waals surface area contributed by atoms with Crippen molar-refractivity contribution in [3.05, 3.63) is 59.6 Å². The second-order valence-corrected chi connectivity index (χ2v) is 6.68. The largest absolute Gasteiger partial charge is 0.490 e. The van der Waals surface area contributed by atoms with Crippen molar-refractivity contribution in [2.45, 2.75) is 13.3 Å². The number of benzene rings is 2. The lowest BCUT2D eigenvalue weighted by Gasteiger charge is -2.13. The average molecular weight is 399 g/mol. The molecule has 0 amide bonds. The number of rotatable bonds is 10. The fraction of sp³-hybridized carbons (Fsp3) is 0.238. The fourth-order valence-electron chi connectivity index (χ4n) is 2.53. The van der Waals surface area contributed by atoms with Gasteiger partial charge in [0, 0.05) is 10.9 Å².